The summed E-state index contributed by atoms with van der Waals surface area (Å²) in [4.78, 5) is 0. The number of ether oxygens (including phenoxy) is 3. The molecule has 1 aliphatic carbocycles. The van der Waals surface area contributed by atoms with Crippen LogP contribution in [0.2, 0.25) is 0 Å². The van der Waals surface area contributed by atoms with E-state index in [-0.39, 0.29) is 12.2 Å². The second kappa shape index (κ2) is 7.17. The number of nitrogens with one attached hydrogen (secondary N) is 1. The van der Waals surface area contributed by atoms with Crippen LogP contribution in [0.3, 0.4) is 0 Å². The smallest absolute Gasteiger partial charge is 0.0986 e. The highest BCUT2D eigenvalue weighted by atomic mass is 16.6. The second-order valence-corrected chi connectivity index (χ2v) is 3.90. The number of rotatable bonds is 8. The van der Waals surface area contributed by atoms with Crippen molar-refractivity contribution >= 4 is 0 Å². The summed E-state index contributed by atoms with van der Waals surface area (Å²) in [5.74, 6) is 0. The Labute approximate surface area is 92.3 Å². The molecule has 0 aromatic rings. The highest BCUT2D eigenvalue weighted by molar-refractivity contribution is 4.96. The van der Waals surface area contributed by atoms with Gasteiger partial charge < -0.3 is 19.5 Å². The molecule has 90 valence electrons. The molecule has 0 bridgehead atoms. The van der Waals surface area contributed by atoms with Gasteiger partial charge in [0.2, 0.25) is 0 Å². The van der Waals surface area contributed by atoms with E-state index < -0.39 is 0 Å². The van der Waals surface area contributed by atoms with Crippen LogP contribution in [0.1, 0.15) is 19.8 Å². The summed E-state index contributed by atoms with van der Waals surface area (Å²) in [6.45, 7) is 4.52. The van der Waals surface area contributed by atoms with E-state index in [0.29, 0.717) is 19.3 Å². The molecule has 0 saturated heterocycles. The van der Waals surface area contributed by atoms with Gasteiger partial charge >= 0.3 is 0 Å². The van der Waals surface area contributed by atoms with Gasteiger partial charge in [-0.05, 0) is 19.4 Å². The molecule has 0 spiro atoms. The van der Waals surface area contributed by atoms with Crippen LogP contribution >= 0.6 is 0 Å². The van der Waals surface area contributed by atoms with Crippen molar-refractivity contribution in [1.82, 2.24) is 5.32 Å². The molecule has 0 aromatic heterocycles. The molecule has 0 aliphatic heterocycles. The third kappa shape index (κ3) is 3.72. The van der Waals surface area contributed by atoms with Gasteiger partial charge in [-0.25, -0.2) is 0 Å². The molecule has 0 radical (unpaired) electrons. The fourth-order valence-electron chi connectivity index (χ4n) is 1.87. The van der Waals surface area contributed by atoms with Gasteiger partial charge in [0.25, 0.3) is 0 Å². The van der Waals surface area contributed by atoms with Gasteiger partial charge in [-0.15, -0.1) is 0 Å². The van der Waals surface area contributed by atoms with Crippen LogP contribution in [-0.4, -0.2) is 52.2 Å². The maximum absolute atomic E-state index is 5.64. The molecule has 3 atom stereocenters. The van der Waals surface area contributed by atoms with Crippen molar-refractivity contribution in [3.63, 3.8) is 0 Å². The molecule has 0 amide bonds. The predicted molar refractivity (Wildman–Crippen MR) is 59.1 cm³/mol. The molecule has 4 nitrogen and oxygen atoms in total. The summed E-state index contributed by atoms with van der Waals surface area (Å²) in [6.07, 6.45) is 2.64. The van der Waals surface area contributed by atoms with E-state index in [1.165, 1.54) is 0 Å². The zero-order chi connectivity index (χ0) is 11.1. The monoisotopic (exact) mass is 217 g/mol. The lowest BCUT2D eigenvalue weighted by molar-refractivity contribution is -0.139. The fraction of sp³-hybridized carbons (Fsp3) is 1.00. The summed E-state index contributed by atoms with van der Waals surface area (Å²) in [5.41, 5.74) is 0. The summed E-state index contributed by atoms with van der Waals surface area (Å²) in [5, 5.41) is 3.45. The third-order valence-corrected chi connectivity index (χ3v) is 2.80. The second-order valence-electron chi connectivity index (χ2n) is 3.90. The Morgan fingerprint density at radius 1 is 1.27 bits per heavy atom. The topological polar surface area (TPSA) is 39.7 Å². The normalized spacial score (nSPS) is 30.2. The Balaban J connectivity index is 2.15. The van der Waals surface area contributed by atoms with Gasteiger partial charge in [0.1, 0.15) is 0 Å². The molecule has 1 rings (SSSR count). The first kappa shape index (κ1) is 12.9. The van der Waals surface area contributed by atoms with Crippen molar-refractivity contribution in [2.24, 2.45) is 0 Å². The van der Waals surface area contributed by atoms with Gasteiger partial charge in [0, 0.05) is 20.3 Å². The van der Waals surface area contributed by atoms with Crippen molar-refractivity contribution in [2.75, 3.05) is 34.0 Å². The molecule has 15 heavy (non-hydrogen) atoms. The summed E-state index contributed by atoms with van der Waals surface area (Å²) >= 11 is 0. The van der Waals surface area contributed by atoms with Crippen molar-refractivity contribution in [1.29, 1.82) is 0 Å². The first-order chi connectivity index (χ1) is 7.33. The molecule has 1 fully saturated rings. The van der Waals surface area contributed by atoms with Crippen LogP contribution < -0.4 is 5.32 Å². The Morgan fingerprint density at radius 3 is 2.67 bits per heavy atom. The van der Waals surface area contributed by atoms with E-state index in [4.69, 9.17) is 14.2 Å². The number of methoxy groups -OCH3 is 2. The van der Waals surface area contributed by atoms with Gasteiger partial charge in [-0.1, -0.05) is 6.92 Å². The first-order valence-electron chi connectivity index (χ1n) is 5.70. The Kier molecular flexibility index (Phi) is 6.17. The van der Waals surface area contributed by atoms with Gasteiger partial charge in [-0.3, -0.25) is 0 Å². The Morgan fingerprint density at radius 2 is 2.07 bits per heavy atom. The summed E-state index contributed by atoms with van der Waals surface area (Å²) < 4.78 is 16.0. The molecule has 1 N–H and O–H groups in total. The lowest BCUT2D eigenvalue weighted by atomic mass is 9.85. The molecule has 1 saturated carbocycles. The van der Waals surface area contributed by atoms with E-state index in [9.17, 15) is 0 Å². The third-order valence-electron chi connectivity index (χ3n) is 2.80. The fourth-order valence-corrected chi connectivity index (χ4v) is 1.87. The molecule has 0 aromatic carbocycles. The minimum atomic E-state index is 0.202. The summed E-state index contributed by atoms with van der Waals surface area (Å²) in [6, 6.07) is 0.461. The van der Waals surface area contributed by atoms with E-state index in [1.807, 2.05) is 0 Å². The lowest BCUT2D eigenvalue weighted by Gasteiger charge is -2.43. The quantitative estimate of drug-likeness (QED) is 0.611. The maximum atomic E-state index is 5.64. The zero-order valence-corrected chi connectivity index (χ0v) is 9.99. The largest absolute Gasteiger partial charge is 0.382 e. The minimum absolute atomic E-state index is 0.202. The van der Waals surface area contributed by atoms with Crippen LogP contribution in [-0.2, 0) is 14.2 Å². The zero-order valence-electron chi connectivity index (χ0n) is 9.99. The minimum Gasteiger partial charge on any atom is -0.382 e. The van der Waals surface area contributed by atoms with E-state index in [2.05, 4.69) is 12.2 Å². The average molecular weight is 217 g/mol. The molecular formula is C11H23NO3. The molecule has 1 aliphatic rings. The standard InChI is InChI=1S/C11H23NO3/c1-4-5-12-9-8-10(11(9)14-3)15-7-6-13-2/h9-12H,4-8H2,1-3H3. The molecular weight excluding hydrogens is 194 g/mol. The van der Waals surface area contributed by atoms with E-state index in [0.717, 1.165) is 19.4 Å². The van der Waals surface area contributed by atoms with Crippen LogP contribution in [0.25, 0.3) is 0 Å². The average Bonchev–Trinajstić information content (AvgIpc) is 2.22. The maximum Gasteiger partial charge on any atom is 0.0986 e. The Bertz CT molecular complexity index is 166. The van der Waals surface area contributed by atoms with Crippen molar-refractivity contribution in [2.45, 2.75) is 38.0 Å². The predicted octanol–water partition coefficient (Wildman–Crippen LogP) is 0.805. The summed E-state index contributed by atoms with van der Waals surface area (Å²) in [7, 11) is 3.43. The van der Waals surface area contributed by atoms with E-state index >= 15 is 0 Å². The van der Waals surface area contributed by atoms with Crippen LogP contribution in [0.5, 0.6) is 0 Å². The number of hydrogen-bond acceptors (Lipinski definition) is 4. The highest BCUT2D eigenvalue weighted by Gasteiger charge is 2.41. The van der Waals surface area contributed by atoms with Crippen molar-refractivity contribution in [3.8, 4) is 0 Å². The van der Waals surface area contributed by atoms with Crippen molar-refractivity contribution in [3.05, 3.63) is 0 Å². The molecule has 0 heterocycles. The first-order valence-corrected chi connectivity index (χ1v) is 5.70. The van der Waals surface area contributed by atoms with Crippen molar-refractivity contribution < 1.29 is 14.2 Å². The van der Waals surface area contributed by atoms with Gasteiger partial charge in [0.15, 0.2) is 0 Å². The lowest BCUT2D eigenvalue weighted by Crippen LogP contribution is -2.60. The van der Waals surface area contributed by atoms with E-state index in [1.54, 1.807) is 14.2 Å². The highest BCUT2D eigenvalue weighted by Crippen LogP contribution is 2.26. The van der Waals surface area contributed by atoms with Gasteiger partial charge in [-0.2, -0.15) is 0 Å². The van der Waals surface area contributed by atoms with Gasteiger partial charge in [0.05, 0.1) is 25.4 Å². The molecule has 4 heteroatoms. The van der Waals surface area contributed by atoms with Crippen LogP contribution in [0.4, 0.5) is 0 Å². The SMILES string of the molecule is CCCNC1CC(OCCOC)C1OC. The Hall–Kier alpha value is -0.160. The van der Waals surface area contributed by atoms with Crippen LogP contribution in [0, 0.1) is 0 Å². The van der Waals surface area contributed by atoms with Crippen LogP contribution in [0.15, 0.2) is 0 Å². The number of hydrogen-bond donors (Lipinski definition) is 1. The molecule has 3 unspecified atom stereocenters.